The summed E-state index contributed by atoms with van der Waals surface area (Å²) in [6.45, 7) is 4.97. The van der Waals surface area contributed by atoms with Crippen molar-refractivity contribution < 1.29 is 4.74 Å². The standard InChI is InChI=1S/C15H19NO/c1-3-17-12(2)6-7-13-8-9-15-14(11-13)5-4-10-16-15/h4-5,8-12H,3,6-7H2,1-2H3. The molecule has 2 aromatic rings. The molecule has 1 aromatic heterocycles. The highest BCUT2D eigenvalue weighted by atomic mass is 16.5. The zero-order valence-corrected chi connectivity index (χ0v) is 10.5. The van der Waals surface area contributed by atoms with E-state index in [0.717, 1.165) is 25.0 Å². The van der Waals surface area contributed by atoms with Gasteiger partial charge in [-0.05, 0) is 50.5 Å². The summed E-state index contributed by atoms with van der Waals surface area (Å²) in [6.07, 6.45) is 4.30. The fourth-order valence-electron chi connectivity index (χ4n) is 2.02. The van der Waals surface area contributed by atoms with Gasteiger partial charge in [-0.2, -0.15) is 0 Å². The Morgan fingerprint density at radius 1 is 1.29 bits per heavy atom. The molecular formula is C15H19NO. The number of hydrogen-bond acceptors (Lipinski definition) is 2. The Morgan fingerprint density at radius 3 is 3.00 bits per heavy atom. The smallest absolute Gasteiger partial charge is 0.0702 e. The van der Waals surface area contributed by atoms with Crippen LogP contribution in [0.5, 0.6) is 0 Å². The monoisotopic (exact) mass is 229 g/mol. The molecule has 0 saturated heterocycles. The minimum absolute atomic E-state index is 0.338. The van der Waals surface area contributed by atoms with Gasteiger partial charge in [0.1, 0.15) is 0 Å². The van der Waals surface area contributed by atoms with E-state index >= 15 is 0 Å². The van der Waals surface area contributed by atoms with Crippen molar-refractivity contribution in [2.45, 2.75) is 32.8 Å². The van der Waals surface area contributed by atoms with Crippen LogP contribution in [-0.2, 0) is 11.2 Å². The third-order valence-electron chi connectivity index (χ3n) is 2.96. The van der Waals surface area contributed by atoms with Gasteiger partial charge in [-0.25, -0.2) is 0 Å². The highest BCUT2D eigenvalue weighted by Gasteiger charge is 2.02. The van der Waals surface area contributed by atoms with Crippen molar-refractivity contribution in [1.82, 2.24) is 4.98 Å². The van der Waals surface area contributed by atoms with Gasteiger partial charge in [-0.1, -0.05) is 12.1 Å². The van der Waals surface area contributed by atoms with Crippen LogP contribution in [0.25, 0.3) is 10.9 Å². The number of ether oxygens (including phenoxy) is 1. The summed E-state index contributed by atoms with van der Waals surface area (Å²) in [4.78, 5) is 4.32. The number of aromatic nitrogens is 1. The van der Waals surface area contributed by atoms with E-state index in [1.165, 1.54) is 10.9 Å². The lowest BCUT2D eigenvalue weighted by Gasteiger charge is -2.11. The molecule has 0 aliphatic rings. The Bertz CT molecular complexity index is 481. The topological polar surface area (TPSA) is 22.1 Å². The summed E-state index contributed by atoms with van der Waals surface area (Å²) in [5, 5.41) is 1.22. The van der Waals surface area contributed by atoms with E-state index < -0.39 is 0 Å². The Morgan fingerprint density at radius 2 is 2.18 bits per heavy atom. The van der Waals surface area contributed by atoms with Crippen molar-refractivity contribution in [1.29, 1.82) is 0 Å². The molecular weight excluding hydrogens is 210 g/mol. The molecule has 1 heterocycles. The van der Waals surface area contributed by atoms with Gasteiger partial charge in [0.05, 0.1) is 11.6 Å². The Hall–Kier alpha value is -1.41. The SMILES string of the molecule is CCOC(C)CCc1ccc2ncccc2c1. The minimum Gasteiger partial charge on any atom is -0.379 e. The average Bonchev–Trinajstić information content (AvgIpc) is 2.36. The number of aryl methyl sites for hydroxylation is 1. The third kappa shape index (κ3) is 3.27. The molecule has 0 saturated carbocycles. The van der Waals surface area contributed by atoms with Gasteiger partial charge in [-0.3, -0.25) is 4.98 Å². The largest absolute Gasteiger partial charge is 0.379 e. The maximum absolute atomic E-state index is 5.54. The molecule has 1 atom stereocenters. The van der Waals surface area contributed by atoms with E-state index in [1.807, 2.05) is 19.2 Å². The molecule has 0 aliphatic heterocycles. The van der Waals surface area contributed by atoms with Crippen LogP contribution in [0.1, 0.15) is 25.8 Å². The van der Waals surface area contributed by atoms with Gasteiger partial charge < -0.3 is 4.74 Å². The van der Waals surface area contributed by atoms with Crippen molar-refractivity contribution in [3.63, 3.8) is 0 Å². The second-order valence-electron chi connectivity index (χ2n) is 4.34. The fourth-order valence-corrected chi connectivity index (χ4v) is 2.02. The normalized spacial score (nSPS) is 12.8. The van der Waals surface area contributed by atoms with E-state index in [4.69, 9.17) is 4.74 Å². The van der Waals surface area contributed by atoms with Gasteiger partial charge in [-0.15, -0.1) is 0 Å². The summed E-state index contributed by atoms with van der Waals surface area (Å²) >= 11 is 0. The fraction of sp³-hybridized carbons (Fsp3) is 0.400. The number of pyridine rings is 1. The quantitative estimate of drug-likeness (QED) is 0.781. The van der Waals surface area contributed by atoms with Crippen LogP contribution in [0.3, 0.4) is 0 Å². The van der Waals surface area contributed by atoms with Crippen LogP contribution in [0.15, 0.2) is 36.5 Å². The Labute approximate surface area is 103 Å². The molecule has 1 aromatic carbocycles. The maximum atomic E-state index is 5.54. The molecule has 0 N–H and O–H groups in total. The first-order valence-corrected chi connectivity index (χ1v) is 6.25. The van der Waals surface area contributed by atoms with Gasteiger partial charge in [0.15, 0.2) is 0 Å². The molecule has 0 fully saturated rings. The molecule has 1 unspecified atom stereocenters. The first-order chi connectivity index (χ1) is 8.29. The molecule has 2 nitrogen and oxygen atoms in total. The van der Waals surface area contributed by atoms with E-state index in [9.17, 15) is 0 Å². The third-order valence-corrected chi connectivity index (χ3v) is 2.96. The van der Waals surface area contributed by atoms with Gasteiger partial charge >= 0.3 is 0 Å². The predicted molar refractivity (Wildman–Crippen MR) is 71.2 cm³/mol. The van der Waals surface area contributed by atoms with Crippen LogP contribution in [-0.4, -0.2) is 17.7 Å². The van der Waals surface area contributed by atoms with Crippen LogP contribution in [0, 0.1) is 0 Å². The second kappa shape index (κ2) is 5.78. The molecule has 90 valence electrons. The van der Waals surface area contributed by atoms with Crippen molar-refractivity contribution in [2.75, 3.05) is 6.61 Å². The van der Waals surface area contributed by atoms with Crippen LogP contribution >= 0.6 is 0 Å². The van der Waals surface area contributed by atoms with E-state index in [1.54, 1.807) is 0 Å². The maximum Gasteiger partial charge on any atom is 0.0702 e. The van der Waals surface area contributed by atoms with Gasteiger partial charge in [0.2, 0.25) is 0 Å². The zero-order chi connectivity index (χ0) is 12.1. The Balaban J connectivity index is 2.04. The first-order valence-electron chi connectivity index (χ1n) is 6.25. The molecule has 2 rings (SSSR count). The number of rotatable bonds is 5. The Kier molecular flexibility index (Phi) is 4.10. The number of nitrogens with zero attached hydrogens (tertiary/aromatic N) is 1. The lowest BCUT2D eigenvalue weighted by molar-refractivity contribution is 0.0706. The number of fused-ring (bicyclic) bond motifs is 1. The molecule has 0 radical (unpaired) electrons. The summed E-state index contributed by atoms with van der Waals surface area (Å²) in [6, 6.07) is 10.6. The molecule has 17 heavy (non-hydrogen) atoms. The van der Waals surface area contributed by atoms with Gasteiger partial charge in [0, 0.05) is 18.2 Å². The molecule has 0 spiro atoms. The predicted octanol–water partition coefficient (Wildman–Crippen LogP) is 3.59. The van der Waals surface area contributed by atoms with Crippen LogP contribution in [0.4, 0.5) is 0 Å². The molecule has 0 aliphatic carbocycles. The van der Waals surface area contributed by atoms with Crippen LogP contribution < -0.4 is 0 Å². The lowest BCUT2D eigenvalue weighted by Crippen LogP contribution is -2.08. The summed E-state index contributed by atoms with van der Waals surface area (Å²) in [5.74, 6) is 0. The summed E-state index contributed by atoms with van der Waals surface area (Å²) in [5.41, 5.74) is 2.42. The highest BCUT2D eigenvalue weighted by Crippen LogP contribution is 2.15. The number of hydrogen-bond donors (Lipinski definition) is 0. The van der Waals surface area contributed by atoms with E-state index in [-0.39, 0.29) is 0 Å². The summed E-state index contributed by atoms with van der Waals surface area (Å²) < 4.78 is 5.54. The second-order valence-corrected chi connectivity index (χ2v) is 4.34. The van der Waals surface area contributed by atoms with E-state index in [0.29, 0.717) is 6.10 Å². The van der Waals surface area contributed by atoms with Crippen molar-refractivity contribution in [2.24, 2.45) is 0 Å². The van der Waals surface area contributed by atoms with Crippen molar-refractivity contribution in [3.8, 4) is 0 Å². The first kappa shape index (κ1) is 12.1. The van der Waals surface area contributed by atoms with E-state index in [2.05, 4.69) is 36.2 Å². The van der Waals surface area contributed by atoms with Gasteiger partial charge in [0.25, 0.3) is 0 Å². The number of benzene rings is 1. The molecule has 0 amide bonds. The molecule has 2 heteroatoms. The lowest BCUT2D eigenvalue weighted by atomic mass is 10.0. The van der Waals surface area contributed by atoms with Crippen molar-refractivity contribution in [3.05, 3.63) is 42.1 Å². The zero-order valence-electron chi connectivity index (χ0n) is 10.5. The van der Waals surface area contributed by atoms with Crippen molar-refractivity contribution >= 4 is 10.9 Å². The van der Waals surface area contributed by atoms with Crippen LogP contribution in [0.2, 0.25) is 0 Å². The average molecular weight is 229 g/mol. The minimum atomic E-state index is 0.338. The summed E-state index contributed by atoms with van der Waals surface area (Å²) in [7, 11) is 0. The highest BCUT2D eigenvalue weighted by molar-refractivity contribution is 5.78. The molecule has 0 bridgehead atoms.